The van der Waals surface area contributed by atoms with Crippen molar-refractivity contribution >= 4 is 40.8 Å². The number of ether oxygens (including phenoxy) is 2. The summed E-state index contributed by atoms with van der Waals surface area (Å²) < 4.78 is 25.8. The van der Waals surface area contributed by atoms with Gasteiger partial charge in [0.15, 0.2) is 5.69 Å². The van der Waals surface area contributed by atoms with Gasteiger partial charge in [0, 0.05) is 16.2 Å². The van der Waals surface area contributed by atoms with Crippen molar-refractivity contribution in [2.24, 2.45) is 0 Å². The van der Waals surface area contributed by atoms with Crippen molar-refractivity contribution in [2.45, 2.75) is 13.5 Å². The molecule has 0 fully saturated rings. The third-order valence-electron chi connectivity index (χ3n) is 4.61. The number of carbonyl (C=O) groups is 1. The molecule has 3 aromatic rings. The first-order chi connectivity index (χ1) is 14.5. The van der Waals surface area contributed by atoms with Gasteiger partial charge in [0.2, 0.25) is 0 Å². The molecule has 154 valence electrons. The van der Waals surface area contributed by atoms with Crippen molar-refractivity contribution in [2.75, 3.05) is 13.2 Å². The largest absolute Gasteiger partial charge is 0.461 e. The summed E-state index contributed by atoms with van der Waals surface area (Å²) in [6.07, 6.45) is 1.87. The summed E-state index contributed by atoms with van der Waals surface area (Å²) in [5, 5.41) is 5.38. The van der Waals surface area contributed by atoms with E-state index in [0.717, 1.165) is 11.1 Å². The third kappa shape index (κ3) is 3.99. The minimum Gasteiger partial charge on any atom is -0.461 e. The zero-order valence-corrected chi connectivity index (χ0v) is 17.5. The Labute approximate surface area is 182 Å². The summed E-state index contributed by atoms with van der Waals surface area (Å²) in [5.41, 5.74) is 3.60. The van der Waals surface area contributed by atoms with Gasteiger partial charge in [-0.15, -0.1) is 0 Å². The van der Waals surface area contributed by atoms with Gasteiger partial charge in [0.1, 0.15) is 5.82 Å². The predicted molar refractivity (Wildman–Crippen MR) is 113 cm³/mol. The Morgan fingerprint density at radius 1 is 1.23 bits per heavy atom. The normalized spacial score (nSPS) is 14.6. The highest BCUT2D eigenvalue weighted by atomic mass is 35.5. The topological polar surface area (TPSA) is 53.3 Å². The van der Waals surface area contributed by atoms with Gasteiger partial charge in [-0.3, -0.25) is 0 Å². The van der Waals surface area contributed by atoms with E-state index in [1.807, 2.05) is 6.08 Å². The minimum absolute atomic E-state index is 0.169. The van der Waals surface area contributed by atoms with E-state index in [0.29, 0.717) is 33.6 Å². The van der Waals surface area contributed by atoms with Gasteiger partial charge in [-0.2, -0.15) is 5.10 Å². The number of rotatable bonds is 4. The Morgan fingerprint density at radius 3 is 2.70 bits per heavy atom. The summed E-state index contributed by atoms with van der Waals surface area (Å²) in [6.45, 7) is 2.45. The van der Waals surface area contributed by atoms with Gasteiger partial charge >= 0.3 is 5.97 Å². The second-order valence-electron chi connectivity index (χ2n) is 6.62. The van der Waals surface area contributed by atoms with Crippen LogP contribution in [0.1, 0.15) is 34.2 Å². The lowest BCUT2D eigenvalue weighted by Gasteiger charge is -2.19. The summed E-state index contributed by atoms with van der Waals surface area (Å²) in [6, 6.07) is 11.1. The summed E-state index contributed by atoms with van der Waals surface area (Å²) in [4.78, 5) is 12.5. The Balaban J connectivity index is 1.92. The maximum atomic E-state index is 13.3. The Hall–Kier alpha value is -2.67. The number of halogens is 3. The van der Waals surface area contributed by atoms with Gasteiger partial charge in [0.25, 0.3) is 0 Å². The maximum absolute atomic E-state index is 13.3. The van der Waals surface area contributed by atoms with E-state index < -0.39 is 5.97 Å². The number of nitrogens with zero attached hydrogens (tertiary/aromatic N) is 2. The molecule has 0 N–H and O–H groups in total. The van der Waals surface area contributed by atoms with Crippen molar-refractivity contribution in [1.29, 1.82) is 0 Å². The molecule has 0 amide bonds. The van der Waals surface area contributed by atoms with Crippen LogP contribution in [0.5, 0.6) is 0 Å². The van der Waals surface area contributed by atoms with Crippen molar-refractivity contribution in [3.8, 4) is 5.69 Å². The summed E-state index contributed by atoms with van der Waals surface area (Å²) in [5.74, 6) is -0.857. The van der Waals surface area contributed by atoms with Crippen LogP contribution in [-0.4, -0.2) is 29.0 Å². The molecule has 0 bridgehead atoms. The molecule has 8 heteroatoms. The maximum Gasteiger partial charge on any atom is 0.359 e. The Bertz CT molecular complexity index is 1140. The minimum atomic E-state index is -0.538. The van der Waals surface area contributed by atoms with Crippen LogP contribution < -0.4 is 0 Å². The molecule has 0 saturated carbocycles. The van der Waals surface area contributed by atoms with Gasteiger partial charge in [0.05, 0.1) is 36.2 Å². The van der Waals surface area contributed by atoms with Gasteiger partial charge < -0.3 is 9.47 Å². The van der Waals surface area contributed by atoms with Gasteiger partial charge in [-0.1, -0.05) is 35.3 Å². The molecule has 30 heavy (non-hydrogen) atoms. The lowest BCUT2D eigenvalue weighted by molar-refractivity contribution is 0.0512. The van der Waals surface area contributed by atoms with E-state index in [9.17, 15) is 9.18 Å². The lowest BCUT2D eigenvalue weighted by atomic mass is 10.0. The quantitative estimate of drug-likeness (QED) is 0.491. The number of aromatic nitrogens is 2. The number of carbonyl (C=O) groups excluding carboxylic acids is 1. The van der Waals surface area contributed by atoms with Crippen LogP contribution in [0.15, 0.2) is 42.5 Å². The van der Waals surface area contributed by atoms with E-state index in [1.165, 1.54) is 12.1 Å². The Morgan fingerprint density at radius 2 is 2.00 bits per heavy atom. The highest BCUT2D eigenvalue weighted by Gasteiger charge is 2.30. The molecule has 2 aromatic carbocycles. The van der Waals surface area contributed by atoms with E-state index in [2.05, 4.69) is 5.10 Å². The SMILES string of the molecule is CCOC(=O)c1nn(-c2ccc(Cl)cc2Cl)c2c1COC/C2=C\c1ccc(F)cc1. The first-order valence-corrected chi connectivity index (χ1v) is 10.0. The molecule has 0 saturated heterocycles. The second-order valence-corrected chi connectivity index (χ2v) is 7.46. The Kier molecular flexibility index (Phi) is 5.90. The molecule has 5 nitrogen and oxygen atoms in total. The van der Waals surface area contributed by atoms with E-state index >= 15 is 0 Å². The van der Waals surface area contributed by atoms with Crippen LogP contribution in [0.2, 0.25) is 10.0 Å². The number of hydrogen-bond donors (Lipinski definition) is 0. The zero-order valence-electron chi connectivity index (χ0n) is 16.0. The number of benzene rings is 2. The summed E-state index contributed by atoms with van der Waals surface area (Å²) in [7, 11) is 0. The van der Waals surface area contributed by atoms with Crippen LogP contribution in [-0.2, 0) is 16.1 Å². The van der Waals surface area contributed by atoms with Crippen molar-refractivity contribution < 1.29 is 18.7 Å². The van der Waals surface area contributed by atoms with Crippen molar-refractivity contribution in [3.05, 3.63) is 80.8 Å². The number of fused-ring (bicyclic) bond motifs is 1. The van der Waals surface area contributed by atoms with Gasteiger partial charge in [-0.05, 0) is 48.9 Å². The highest BCUT2D eigenvalue weighted by molar-refractivity contribution is 6.35. The van der Waals surface area contributed by atoms with Crippen LogP contribution in [0.3, 0.4) is 0 Å². The zero-order chi connectivity index (χ0) is 21.3. The predicted octanol–water partition coefficient (Wildman–Crippen LogP) is 5.57. The van der Waals surface area contributed by atoms with Gasteiger partial charge in [-0.25, -0.2) is 13.9 Å². The number of esters is 1. The molecule has 0 unspecified atom stereocenters. The van der Waals surface area contributed by atoms with E-state index in [4.69, 9.17) is 32.7 Å². The molecular weight excluding hydrogens is 430 g/mol. The lowest BCUT2D eigenvalue weighted by Crippen LogP contribution is -2.14. The third-order valence-corrected chi connectivity index (χ3v) is 5.15. The summed E-state index contributed by atoms with van der Waals surface area (Å²) >= 11 is 12.5. The van der Waals surface area contributed by atoms with Crippen molar-refractivity contribution in [3.63, 3.8) is 0 Å². The fraction of sp³-hybridized carbons (Fsp3) is 0.182. The molecule has 4 rings (SSSR count). The standard InChI is InChI=1S/C22H17Cl2FN2O3/c1-2-30-22(28)20-17-12-29-11-14(9-13-3-6-16(25)7-4-13)21(17)27(26-20)19-8-5-15(23)10-18(19)24/h3-10H,2,11-12H2,1H3/b14-9+. The van der Waals surface area contributed by atoms with Crippen LogP contribution in [0.4, 0.5) is 4.39 Å². The molecule has 1 aliphatic rings. The molecule has 1 aromatic heterocycles. The molecule has 2 heterocycles. The molecule has 0 aliphatic carbocycles. The fourth-order valence-electron chi connectivity index (χ4n) is 3.31. The molecule has 0 spiro atoms. The highest BCUT2D eigenvalue weighted by Crippen LogP contribution is 2.35. The van der Waals surface area contributed by atoms with E-state index in [-0.39, 0.29) is 24.7 Å². The average Bonchev–Trinajstić information content (AvgIpc) is 3.10. The first kappa shape index (κ1) is 20.6. The fourth-order valence-corrected chi connectivity index (χ4v) is 3.80. The van der Waals surface area contributed by atoms with Crippen molar-refractivity contribution in [1.82, 2.24) is 9.78 Å². The monoisotopic (exact) mass is 446 g/mol. The second kappa shape index (κ2) is 8.60. The smallest absolute Gasteiger partial charge is 0.359 e. The number of hydrogen-bond acceptors (Lipinski definition) is 4. The van der Waals surface area contributed by atoms with E-state index in [1.54, 1.807) is 41.9 Å². The average molecular weight is 447 g/mol. The molecule has 0 atom stereocenters. The molecule has 1 aliphatic heterocycles. The first-order valence-electron chi connectivity index (χ1n) is 9.26. The van der Waals surface area contributed by atoms with Crippen LogP contribution in [0.25, 0.3) is 17.3 Å². The van der Waals surface area contributed by atoms with Crippen LogP contribution >= 0.6 is 23.2 Å². The molecular formula is C22H17Cl2FN2O3. The van der Waals surface area contributed by atoms with Crippen LogP contribution in [0, 0.1) is 5.82 Å². The molecule has 0 radical (unpaired) electrons.